The molecule has 5 heteroatoms. The minimum Gasteiger partial charge on any atom is -0.345 e. The number of benzene rings is 1. The SMILES string of the molecule is N#CCN(CC#N)c1ccc(F)cc1CBr. The average molecular weight is 282 g/mol. The van der Waals surface area contributed by atoms with Gasteiger partial charge in [-0.05, 0) is 23.8 Å². The Balaban J connectivity index is 3.09. The van der Waals surface area contributed by atoms with Crippen molar-refractivity contribution in [3.8, 4) is 12.1 Å². The zero-order chi connectivity index (χ0) is 12.0. The maximum absolute atomic E-state index is 13.0. The fraction of sp³-hybridized carbons (Fsp3) is 0.273. The molecule has 0 amide bonds. The smallest absolute Gasteiger partial charge is 0.123 e. The Labute approximate surface area is 102 Å². The van der Waals surface area contributed by atoms with E-state index in [4.69, 9.17) is 10.5 Å². The second-order valence-electron chi connectivity index (χ2n) is 3.08. The molecule has 0 fully saturated rings. The number of halogens is 2. The van der Waals surface area contributed by atoms with Crippen molar-refractivity contribution < 1.29 is 4.39 Å². The maximum atomic E-state index is 13.0. The molecule has 0 heterocycles. The molecule has 0 N–H and O–H groups in total. The Morgan fingerprint density at radius 1 is 1.25 bits per heavy atom. The molecule has 0 saturated carbocycles. The van der Waals surface area contributed by atoms with E-state index in [-0.39, 0.29) is 18.9 Å². The standard InChI is InChI=1S/C11H9BrFN3/c12-8-9-7-10(13)1-2-11(9)16(5-3-14)6-4-15/h1-2,7H,5-6,8H2. The topological polar surface area (TPSA) is 50.8 Å². The van der Waals surface area contributed by atoms with Gasteiger partial charge in [-0.1, -0.05) is 15.9 Å². The first-order valence-electron chi connectivity index (χ1n) is 4.56. The molecule has 0 aliphatic heterocycles. The molecular formula is C11H9BrFN3. The van der Waals surface area contributed by atoms with Gasteiger partial charge in [-0.3, -0.25) is 0 Å². The van der Waals surface area contributed by atoms with Crippen molar-refractivity contribution in [1.82, 2.24) is 0 Å². The first-order chi connectivity index (χ1) is 7.72. The second kappa shape index (κ2) is 6.09. The molecule has 0 radical (unpaired) electrons. The van der Waals surface area contributed by atoms with Crippen molar-refractivity contribution in [2.75, 3.05) is 18.0 Å². The molecule has 0 aliphatic carbocycles. The summed E-state index contributed by atoms with van der Waals surface area (Å²) in [5, 5.41) is 17.8. The van der Waals surface area contributed by atoms with E-state index in [1.165, 1.54) is 12.1 Å². The minimum atomic E-state index is -0.327. The van der Waals surface area contributed by atoms with Crippen LogP contribution < -0.4 is 4.90 Å². The molecule has 1 aromatic carbocycles. The van der Waals surface area contributed by atoms with E-state index in [0.717, 1.165) is 5.56 Å². The molecule has 0 unspecified atom stereocenters. The van der Waals surface area contributed by atoms with Crippen molar-refractivity contribution in [2.24, 2.45) is 0 Å². The molecule has 82 valence electrons. The normalized spacial score (nSPS) is 9.25. The summed E-state index contributed by atoms with van der Waals surface area (Å²) in [6, 6.07) is 8.27. The summed E-state index contributed by atoms with van der Waals surface area (Å²) in [7, 11) is 0. The number of hydrogen-bond donors (Lipinski definition) is 0. The predicted octanol–water partition coefficient (Wildman–Crippen LogP) is 2.57. The van der Waals surface area contributed by atoms with Crippen LogP contribution in [0, 0.1) is 28.5 Å². The van der Waals surface area contributed by atoms with Crippen LogP contribution in [0.15, 0.2) is 18.2 Å². The van der Waals surface area contributed by atoms with E-state index >= 15 is 0 Å². The van der Waals surface area contributed by atoms with Crippen molar-refractivity contribution in [2.45, 2.75) is 5.33 Å². The summed E-state index contributed by atoms with van der Waals surface area (Å²) in [4.78, 5) is 1.61. The lowest BCUT2D eigenvalue weighted by molar-refractivity contribution is 0.626. The molecule has 0 aromatic heterocycles. The van der Waals surface area contributed by atoms with Crippen LogP contribution in [-0.4, -0.2) is 13.1 Å². The van der Waals surface area contributed by atoms with Gasteiger partial charge < -0.3 is 4.90 Å². The van der Waals surface area contributed by atoms with Gasteiger partial charge in [-0.2, -0.15) is 10.5 Å². The third-order valence-electron chi connectivity index (χ3n) is 2.05. The van der Waals surface area contributed by atoms with Crippen molar-refractivity contribution in [1.29, 1.82) is 10.5 Å². The molecule has 0 bridgehead atoms. The van der Waals surface area contributed by atoms with Crippen LogP contribution in [0.5, 0.6) is 0 Å². The summed E-state index contributed by atoms with van der Waals surface area (Å²) in [6.07, 6.45) is 0. The van der Waals surface area contributed by atoms with Gasteiger partial charge in [-0.25, -0.2) is 4.39 Å². The number of anilines is 1. The van der Waals surface area contributed by atoms with Crippen molar-refractivity contribution >= 4 is 21.6 Å². The molecule has 0 spiro atoms. The van der Waals surface area contributed by atoms with Crippen LogP contribution in [-0.2, 0) is 5.33 Å². The molecule has 16 heavy (non-hydrogen) atoms. The van der Waals surface area contributed by atoms with E-state index in [1.807, 2.05) is 12.1 Å². The van der Waals surface area contributed by atoms with Gasteiger partial charge in [-0.15, -0.1) is 0 Å². The summed E-state index contributed by atoms with van der Waals surface area (Å²) in [5.74, 6) is -0.327. The van der Waals surface area contributed by atoms with Gasteiger partial charge in [0.15, 0.2) is 0 Å². The zero-order valence-corrected chi connectivity index (χ0v) is 10.0. The number of alkyl halides is 1. The predicted molar refractivity (Wildman–Crippen MR) is 62.5 cm³/mol. The van der Waals surface area contributed by atoms with Gasteiger partial charge in [0, 0.05) is 11.0 Å². The average Bonchev–Trinajstić information content (AvgIpc) is 2.28. The van der Waals surface area contributed by atoms with Crippen molar-refractivity contribution in [3.63, 3.8) is 0 Å². The largest absolute Gasteiger partial charge is 0.345 e. The molecule has 3 nitrogen and oxygen atoms in total. The zero-order valence-electron chi connectivity index (χ0n) is 8.45. The highest BCUT2D eigenvalue weighted by Gasteiger charge is 2.10. The molecule has 0 atom stereocenters. The number of nitriles is 2. The number of hydrogen-bond acceptors (Lipinski definition) is 3. The quantitative estimate of drug-likeness (QED) is 0.630. The Bertz CT molecular complexity index is 432. The summed E-state index contributed by atoms with van der Waals surface area (Å²) < 4.78 is 13.0. The van der Waals surface area contributed by atoms with Crippen molar-refractivity contribution in [3.05, 3.63) is 29.6 Å². The van der Waals surface area contributed by atoms with Crippen LogP contribution in [0.4, 0.5) is 10.1 Å². The van der Waals surface area contributed by atoms with E-state index in [2.05, 4.69) is 15.9 Å². The molecule has 1 aromatic rings. The van der Waals surface area contributed by atoms with Crippen LogP contribution in [0.2, 0.25) is 0 Å². The monoisotopic (exact) mass is 281 g/mol. The maximum Gasteiger partial charge on any atom is 0.123 e. The summed E-state index contributed by atoms with van der Waals surface area (Å²) in [5.41, 5.74) is 1.44. The molecule has 0 saturated heterocycles. The first kappa shape index (κ1) is 12.5. The van der Waals surface area contributed by atoms with E-state index in [1.54, 1.807) is 11.0 Å². The third kappa shape index (κ3) is 2.95. The van der Waals surface area contributed by atoms with Crippen LogP contribution in [0.1, 0.15) is 5.56 Å². The second-order valence-corrected chi connectivity index (χ2v) is 3.64. The Morgan fingerprint density at radius 2 is 1.88 bits per heavy atom. The highest BCUT2D eigenvalue weighted by atomic mass is 79.9. The van der Waals surface area contributed by atoms with Gasteiger partial charge in [0.1, 0.15) is 18.9 Å². The lowest BCUT2D eigenvalue weighted by Gasteiger charge is -2.20. The van der Waals surface area contributed by atoms with Gasteiger partial charge >= 0.3 is 0 Å². The Hall–Kier alpha value is -1.59. The minimum absolute atomic E-state index is 0.110. The van der Waals surface area contributed by atoms with E-state index < -0.39 is 0 Å². The highest BCUT2D eigenvalue weighted by Crippen LogP contribution is 2.23. The van der Waals surface area contributed by atoms with E-state index in [0.29, 0.717) is 11.0 Å². The van der Waals surface area contributed by atoms with Crippen LogP contribution >= 0.6 is 15.9 Å². The lowest BCUT2D eigenvalue weighted by atomic mass is 10.1. The van der Waals surface area contributed by atoms with Gasteiger partial charge in [0.05, 0.1) is 12.1 Å². The summed E-state index contributed by atoms with van der Waals surface area (Å²) >= 11 is 3.25. The number of nitrogens with zero attached hydrogens (tertiary/aromatic N) is 3. The van der Waals surface area contributed by atoms with Gasteiger partial charge in [0.25, 0.3) is 0 Å². The third-order valence-corrected chi connectivity index (χ3v) is 2.65. The first-order valence-corrected chi connectivity index (χ1v) is 5.68. The fourth-order valence-electron chi connectivity index (χ4n) is 1.37. The van der Waals surface area contributed by atoms with Crippen LogP contribution in [0.3, 0.4) is 0 Å². The van der Waals surface area contributed by atoms with Gasteiger partial charge in [0.2, 0.25) is 0 Å². The van der Waals surface area contributed by atoms with E-state index in [9.17, 15) is 4.39 Å². The summed E-state index contributed by atoms with van der Waals surface area (Å²) in [6.45, 7) is 0.221. The van der Waals surface area contributed by atoms with Crippen LogP contribution in [0.25, 0.3) is 0 Å². The lowest BCUT2D eigenvalue weighted by Crippen LogP contribution is -2.24. The Morgan fingerprint density at radius 3 is 2.38 bits per heavy atom. The molecular weight excluding hydrogens is 273 g/mol. The number of rotatable bonds is 4. The Kier molecular flexibility index (Phi) is 4.75. The fourth-order valence-corrected chi connectivity index (χ4v) is 1.82. The highest BCUT2D eigenvalue weighted by molar-refractivity contribution is 9.08. The molecule has 0 aliphatic rings. The molecule has 1 rings (SSSR count).